The van der Waals surface area contributed by atoms with E-state index in [4.69, 9.17) is 8.94 Å². The van der Waals surface area contributed by atoms with Gasteiger partial charge in [-0.05, 0) is 45.0 Å². The minimum Gasteiger partial charge on any atom is -0.466 e. The number of rotatable bonds is 4. The first-order chi connectivity index (χ1) is 14.1. The first-order valence-electron chi connectivity index (χ1n) is 9.10. The first-order valence-corrected chi connectivity index (χ1v) is 11.0. The summed E-state index contributed by atoms with van der Waals surface area (Å²) in [6, 6.07) is 9.69. The molecule has 0 saturated heterocycles. The Morgan fingerprint density at radius 3 is 2.50 bits per heavy atom. The molecule has 0 atom stereocenters. The number of sulfone groups is 1. The molecule has 0 bridgehead atoms. The van der Waals surface area contributed by atoms with Crippen LogP contribution >= 0.6 is 0 Å². The van der Waals surface area contributed by atoms with Crippen LogP contribution in [0.4, 0.5) is 5.69 Å². The fourth-order valence-electron chi connectivity index (χ4n) is 3.38. The molecule has 4 rings (SSSR count). The van der Waals surface area contributed by atoms with Crippen LogP contribution in [0.3, 0.4) is 0 Å². The summed E-state index contributed by atoms with van der Waals surface area (Å²) in [5.74, 6) is 0.875. The van der Waals surface area contributed by atoms with Gasteiger partial charge >= 0.3 is 0 Å². The first kappa shape index (κ1) is 19.8. The van der Waals surface area contributed by atoms with Crippen molar-refractivity contribution in [2.75, 3.05) is 11.6 Å². The lowest BCUT2D eigenvalue weighted by Gasteiger charge is -2.11. The van der Waals surface area contributed by atoms with Crippen molar-refractivity contribution in [1.82, 2.24) is 10.1 Å². The molecule has 0 aliphatic heterocycles. The van der Waals surface area contributed by atoms with Crippen LogP contribution < -0.4 is 5.32 Å². The number of aryl methyl sites for hydroxylation is 3. The topological polar surface area (TPSA) is 115 Å². The molecule has 1 N–H and O–H groups in total. The van der Waals surface area contributed by atoms with Crippen molar-refractivity contribution in [3.63, 3.8) is 0 Å². The van der Waals surface area contributed by atoms with Crippen LogP contribution in [-0.4, -0.2) is 30.7 Å². The molecule has 30 heavy (non-hydrogen) atoms. The Balaban J connectivity index is 1.85. The summed E-state index contributed by atoms with van der Waals surface area (Å²) in [4.78, 5) is 17.7. The Kier molecular flexibility index (Phi) is 4.70. The predicted molar refractivity (Wildman–Crippen MR) is 111 cm³/mol. The van der Waals surface area contributed by atoms with Gasteiger partial charge in [-0.2, -0.15) is 0 Å². The molecule has 8 nitrogen and oxygen atoms in total. The standard InChI is InChI=1S/C21H19N3O5S/c1-11-9-14(13(3)28-11)17-10-15(19-12(2)24-29-21(19)23-17)20(25)22-16-7-5-6-8-18(16)30(4,26)27/h5-10H,1-4H3,(H,22,25). The van der Waals surface area contributed by atoms with Gasteiger partial charge in [0.2, 0.25) is 0 Å². The third-order valence-corrected chi connectivity index (χ3v) is 5.87. The second kappa shape index (κ2) is 7.10. The number of anilines is 1. The highest BCUT2D eigenvalue weighted by Gasteiger charge is 2.22. The highest BCUT2D eigenvalue weighted by atomic mass is 32.2. The van der Waals surface area contributed by atoms with Crippen molar-refractivity contribution in [3.05, 3.63) is 59.2 Å². The number of aromatic nitrogens is 2. The maximum absolute atomic E-state index is 13.2. The quantitative estimate of drug-likeness (QED) is 0.524. The molecule has 3 heterocycles. The molecule has 0 spiro atoms. The maximum Gasteiger partial charge on any atom is 0.259 e. The average Bonchev–Trinajstić information content (AvgIpc) is 3.22. The third-order valence-electron chi connectivity index (χ3n) is 4.71. The van der Waals surface area contributed by atoms with E-state index >= 15 is 0 Å². The lowest BCUT2D eigenvalue weighted by Crippen LogP contribution is -2.15. The monoisotopic (exact) mass is 425 g/mol. The van der Waals surface area contributed by atoms with E-state index in [-0.39, 0.29) is 21.9 Å². The van der Waals surface area contributed by atoms with E-state index in [2.05, 4.69) is 15.5 Å². The van der Waals surface area contributed by atoms with Gasteiger partial charge in [0.05, 0.1) is 32.9 Å². The molecule has 1 aromatic carbocycles. The number of amides is 1. The molecule has 0 aliphatic carbocycles. The number of fused-ring (bicyclic) bond motifs is 1. The van der Waals surface area contributed by atoms with Gasteiger partial charge < -0.3 is 14.3 Å². The number of carbonyl (C=O) groups is 1. The van der Waals surface area contributed by atoms with Crippen molar-refractivity contribution in [1.29, 1.82) is 0 Å². The molecule has 0 radical (unpaired) electrons. The highest BCUT2D eigenvalue weighted by molar-refractivity contribution is 7.90. The van der Waals surface area contributed by atoms with E-state index in [0.717, 1.165) is 11.8 Å². The number of benzene rings is 1. The molecule has 4 aromatic rings. The molecule has 0 saturated carbocycles. The summed E-state index contributed by atoms with van der Waals surface area (Å²) in [5.41, 5.74) is 2.41. The predicted octanol–water partition coefficient (Wildman–Crippen LogP) is 4.06. The number of carbonyl (C=O) groups excluding carboxylic acids is 1. The Hall–Kier alpha value is -3.46. The number of hydrogen-bond donors (Lipinski definition) is 1. The van der Waals surface area contributed by atoms with E-state index in [1.165, 1.54) is 12.1 Å². The largest absolute Gasteiger partial charge is 0.466 e. The van der Waals surface area contributed by atoms with Crippen LogP contribution in [0.15, 0.2) is 50.2 Å². The van der Waals surface area contributed by atoms with Gasteiger partial charge in [0.1, 0.15) is 11.5 Å². The number of para-hydroxylation sites is 1. The van der Waals surface area contributed by atoms with E-state index < -0.39 is 15.7 Å². The normalized spacial score (nSPS) is 11.7. The van der Waals surface area contributed by atoms with Gasteiger partial charge in [0, 0.05) is 11.8 Å². The molecule has 0 fully saturated rings. The Labute approximate surface area is 172 Å². The third kappa shape index (κ3) is 3.48. The Bertz CT molecular complexity index is 1400. The summed E-state index contributed by atoms with van der Waals surface area (Å²) in [6.07, 6.45) is 1.09. The van der Waals surface area contributed by atoms with Crippen LogP contribution in [0, 0.1) is 20.8 Å². The number of nitrogens with zero attached hydrogens (tertiary/aromatic N) is 2. The van der Waals surface area contributed by atoms with Crippen molar-refractivity contribution < 1.29 is 22.2 Å². The number of pyridine rings is 1. The summed E-state index contributed by atoms with van der Waals surface area (Å²) >= 11 is 0. The molecule has 154 valence electrons. The zero-order valence-electron chi connectivity index (χ0n) is 16.8. The number of hydrogen-bond acceptors (Lipinski definition) is 7. The average molecular weight is 425 g/mol. The van der Waals surface area contributed by atoms with E-state index in [1.54, 1.807) is 25.1 Å². The van der Waals surface area contributed by atoms with Crippen molar-refractivity contribution in [2.24, 2.45) is 0 Å². The van der Waals surface area contributed by atoms with Gasteiger partial charge in [-0.15, -0.1) is 0 Å². The van der Waals surface area contributed by atoms with Crippen LogP contribution in [0.5, 0.6) is 0 Å². The van der Waals surface area contributed by atoms with Crippen molar-refractivity contribution in [2.45, 2.75) is 25.7 Å². The Morgan fingerprint density at radius 2 is 1.83 bits per heavy atom. The fourth-order valence-corrected chi connectivity index (χ4v) is 4.22. The smallest absolute Gasteiger partial charge is 0.259 e. The molecule has 9 heteroatoms. The van der Waals surface area contributed by atoms with Gasteiger partial charge in [-0.25, -0.2) is 13.4 Å². The summed E-state index contributed by atoms with van der Waals surface area (Å²) in [5, 5.41) is 7.09. The molecular formula is C21H19N3O5S. The van der Waals surface area contributed by atoms with Gasteiger partial charge in [0.25, 0.3) is 11.6 Å². The molecule has 3 aromatic heterocycles. The zero-order chi connectivity index (χ0) is 21.6. The lowest BCUT2D eigenvalue weighted by atomic mass is 10.1. The van der Waals surface area contributed by atoms with E-state index in [9.17, 15) is 13.2 Å². The summed E-state index contributed by atoms with van der Waals surface area (Å²) in [6.45, 7) is 5.34. The van der Waals surface area contributed by atoms with Gasteiger partial charge in [0.15, 0.2) is 9.84 Å². The Morgan fingerprint density at radius 1 is 1.10 bits per heavy atom. The lowest BCUT2D eigenvalue weighted by molar-refractivity contribution is 0.102. The van der Waals surface area contributed by atoms with E-state index in [1.807, 2.05) is 19.9 Å². The minimum absolute atomic E-state index is 0.0345. The second-order valence-corrected chi connectivity index (χ2v) is 9.04. The maximum atomic E-state index is 13.2. The minimum atomic E-state index is -3.53. The molecule has 1 amide bonds. The van der Waals surface area contributed by atoms with Crippen LogP contribution in [0.25, 0.3) is 22.4 Å². The molecule has 0 aliphatic rings. The summed E-state index contributed by atoms with van der Waals surface area (Å²) in [7, 11) is -3.53. The van der Waals surface area contributed by atoms with Crippen LogP contribution in [0.1, 0.15) is 27.6 Å². The van der Waals surface area contributed by atoms with Gasteiger partial charge in [-0.1, -0.05) is 17.3 Å². The zero-order valence-corrected chi connectivity index (χ0v) is 17.6. The SMILES string of the molecule is Cc1cc(-c2cc(C(=O)Nc3ccccc3S(C)(=O)=O)c3c(C)noc3n2)c(C)o1. The fraction of sp³-hybridized carbons (Fsp3) is 0.190. The molecular weight excluding hydrogens is 406 g/mol. The summed E-state index contributed by atoms with van der Waals surface area (Å²) < 4.78 is 35.0. The second-order valence-electron chi connectivity index (χ2n) is 7.05. The number of furan rings is 1. The van der Waals surface area contributed by atoms with Crippen molar-refractivity contribution in [3.8, 4) is 11.3 Å². The van der Waals surface area contributed by atoms with Crippen LogP contribution in [0.2, 0.25) is 0 Å². The van der Waals surface area contributed by atoms with Crippen LogP contribution in [-0.2, 0) is 9.84 Å². The molecule has 0 unspecified atom stereocenters. The van der Waals surface area contributed by atoms with Gasteiger partial charge in [-0.3, -0.25) is 4.79 Å². The highest BCUT2D eigenvalue weighted by Crippen LogP contribution is 2.31. The van der Waals surface area contributed by atoms with Crippen molar-refractivity contribution >= 4 is 32.5 Å². The number of nitrogens with one attached hydrogen (secondary N) is 1. The van der Waals surface area contributed by atoms with E-state index in [0.29, 0.717) is 28.3 Å².